The number of carbonyl (C=O) groups is 1. The molecule has 0 spiro atoms. The van der Waals surface area contributed by atoms with E-state index in [2.05, 4.69) is 5.32 Å². The van der Waals surface area contributed by atoms with Crippen molar-refractivity contribution < 1.29 is 9.53 Å². The van der Waals surface area contributed by atoms with E-state index in [4.69, 9.17) is 4.74 Å². The van der Waals surface area contributed by atoms with Crippen molar-refractivity contribution in [3.63, 3.8) is 0 Å². The Morgan fingerprint density at radius 2 is 1.79 bits per heavy atom. The van der Waals surface area contributed by atoms with Crippen LogP contribution in [0.15, 0.2) is 0 Å². The predicted octanol–water partition coefficient (Wildman–Crippen LogP) is 1.96. The van der Waals surface area contributed by atoms with E-state index in [0.717, 1.165) is 0 Å². The van der Waals surface area contributed by atoms with Crippen molar-refractivity contribution in [3.05, 3.63) is 0 Å². The molecule has 0 bridgehead atoms. The van der Waals surface area contributed by atoms with Crippen molar-refractivity contribution in [1.82, 2.24) is 5.32 Å². The molecule has 0 amide bonds. The Morgan fingerprint density at radius 3 is 2.14 bits per heavy atom. The van der Waals surface area contributed by atoms with Crippen LogP contribution in [0.5, 0.6) is 0 Å². The number of ether oxygens (including phenoxy) is 1. The van der Waals surface area contributed by atoms with Crippen molar-refractivity contribution in [2.45, 2.75) is 53.6 Å². The first kappa shape index (κ1) is 13.4. The molecule has 0 saturated heterocycles. The number of nitrogens with one attached hydrogen (secondary N) is 1. The van der Waals surface area contributed by atoms with Crippen LogP contribution in [0.4, 0.5) is 0 Å². The van der Waals surface area contributed by atoms with Crippen molar-refractivity contribution in [3.8, 4) is 0 Å². The van der Waals surface area contributed by atoms with E-state index in [9.17, 15) is 4.79 Å². The summed E-state index contributed by atoms with van der Waals surface area (Å²) in [6.07, 6.45) is 0. The zero-order valence-electron chi connectivity index (χ0n) is 10.2. The molecule has 0 aromatic heterocycles. The number of hydrogen-bond donors (Lipinski definition) is 1. The zero-order valence-corrected chi connectivity index (χ0v) is 10.2. The van der Waals surface area contributed by atoms with Crippen LogP contribution >= 0.6 is 0 Å². The average molecular weight is 201 g/mol. The summed E-state index contributed by atoms with van der Waals surface area (Å²) in [7, 11) is 0. The van der Waals surface area contributed by atoms with E-state index in [1.54, 1.807) is 0 Å². The molecule has 0 aliphatic heterocycles. The maximum Gasteiger partial charge on any atom is 0.322 e. The van der Waals surface area contributed by atoms with Crippen LogP contribution in [-0.2, 0) is 9.53 Å². The molecule has 84 valence electrons. The summed E-state index contributed by atoms with van der Waals surface area (Å²) in [6, 6.07) is 0.0736. The lowest BCUT2D eigenvalue weighted by Gasteiger charge is -2.21. The minimum absolute atomic E-state index is 0.0349. The lowest BCUT2D eigenvalue weighted by molar-refractivity contribution is -0.148. The van der Waals surface area contributed by atoms with E-state index in [-0.39, 0.29) is 17.4 Å². The Morgan fingerprint density at radius 1 is 1.29 bits per heavy atom. The third-order valence-electron chi connectivity index (χ3n) is 1.58. The van der Waals surface area contributed by atoms with Crippen LogP contribution in [0.3, 0.4) is 0 Å². The molecule has 0 aromatic rings. The average Bonchev–Trinajstić information content (AvgIpc) is 1.97. The second kappa shape index (κ2) is 5.35. The summed E-state index contributed by atoms with van der Waals surface area (Å²) >= 11 is 0. The summed E-state index contributed by atoms with van der Waals surface area (Å²) in [4.78, 5) is 11.4. The maximum absolute atomic E-state index is 11.4. The maximum atomic E-state index is 11.4. The molecule has 0 heterocycles. The summed E-state index contributed by atoms with van der Waals surface area (Å²) < 4.78 is 5.17. The first-order chi connectivity index (χ1) is 6.22. The molecular weight excluding hydrogens is 178 g/mol. The van der Waals surface area contributed by atoms with Crippen LogP contribution in [0, 0.1) is 5.41 Å². The van der Waals surface area contributed by atoms with E-state index in [1.165, 1.54) is 0 Å². The van der Waals surface area contributed by atoms with Crippen LogP contribution in [-0.4, -0.2) is 24.7 Å². The number of hydrogen-bond acceptors (Lipinski definition) is 3. The molecule has 0 radical (unpaired) electrons. The van der Waals surface area contributed by atoms with Gasteiger partial charge in [0.1, 0.15) is 6.04 Å². The van der Waals surface area contributed by atoms with Crippen molar-refractivity contribution in [2.75, 3.05) is 6.61 Å². The van der Waals surface area contributed by atoms with E-state index in [1.807, 2.05) is 41.5 Å². The zero-order chi connectivity index (χ0) is 11.4. The van der Waals surface area contributed by atoms with Gasteiger partial charge in [-0.05, 0) is 12.3 Å². The molecule has 0 fully saturated rings. The third kappa shape index (κ3) is 6.89. The quantitative estimate of drug-likeness (QED) is 0.707. The summed E-state index contributed by atoms with van der Waals surface area (Å²) in [5.74, 6) is -0.173. The van der Waals surface area contributed by atoms with Gasteiger partial charge in [-0.2, -0.15) is 0 Å². The van der Waals surface area contributed by atoms with Gasteiger partial charge in [-0.1, -0.05) is 34.6 Å². The lowest BCUT2D eigenvalue weighted by Crippen LogP contribution is -2.40. The molecule has 3 nitrogen and oxygen atoms in total. The van der Waals surface area contributed by atoms with Gasteiger partial charge in [0.2, 0.25) is 0 Å². The lowest BCUT2D eigenvalue weighted by atomic mass is 9.99. The molecular formula is C11H23NO2. The summed E-state index contributed by atoms with van der Waals surface area (Å²) in [5, 5.41) is 3.10. The number of rotatable bonds is 4. The SMILES string of the molecule is CC(C)N[C@@H](C)C(=O)OCC(C)(C)C. The van der Waals surface area contributed by atoms with Gasteiger partial charge in [0, 0.05) is 6.04 Å². The topological polar surface area (TPSA) is 38.3 Å². The van der Waals surface area contributed by atoms with Gasteiger partial charge in [-0.3, -0.25) is 4.79 Å². The van der Waals surface area contributed by atoms with Crippen molar-refractivity contribution in [1.29, 1.82) is 0 Å². The standard InChI is InChI=1S/C11H23NO2/c1-8(2)12-9(3)10(13)14-7-11(4,5)6/h8-9,12H,7H2,1-6H3/t9-/m0/s1. The normalized spacial score (nSPS) is 14.2. The molecule has 0 aliphatic carbocycles. The molecule has 0 aromatic carbocycles. The Hall–Kier alpha value is -0.570. The Kier molecular flexibility index (Phi) is 5.13. The van der Waals surface area contributed by atoms with Gasteiger partial charge in [-0.25, -0.2) is 0 Å². The van der Waals surface area contributed by atoms with Crippen LogP contribution in [0.2, 0.25) is 0 Å². The summed E-state index contributed by atoms with van der Waals surface area (Å²) in [6.45, 7) is 12.4. The smallest absolute Gasteiger partial charge is 0.322 e. The summed E-state index contributed by atoms with van der Waals surface area (Å²) in [5.41, 5.74) is 0.0349. The first-order valence-electron chi connectivity index (χ1n) is 5.15. The van der Waals surface area contributed by atoms with E-state index >= 15 is 0 Å². The highest BCUT2D eigenvalue weighted by Crippen LogP contribution is 2.13. The second-order valence-corrected chi connectivity index (χ2v) is 5.21. The van der Waals surface area contributed by atoms with Crippen LogP contribution in [0.25, 0.3) is 0 Å². The molecule has 3 heteroatoms. The van der Waals surface area contributed by atoms with E-state index < -0.39 is 0 Å². The molecule has 1 N–H and O–H groups in total. The Bertz CT molecular complexity index is 182. The number of esters is 1. The highest BCUT2D eigenvalue weighted by molar-refractivity contribution is 5.75. The fraction of sp³-hybridized carbons (Fsp3) is 0.909. The second-order valence-electron chi connectivity index (χ2n) is 5.21. The fourth-order valence-electron chi connectivity index (χ4n) is 0.981. The minimum Gasteiger partial charge on any atom is -0.464 e. The minimum atomic E-state index is -0.225. The van der Waals surface area contributed by atoms with Gasteiger partial charge in [0.25, 0.3) is 0 Å². The highest BCUT2D eigenvalue weighted by atomic mass is 16.5. The predicted molar refractivity (Wildman–Crippen MR) is 58.1 cm³/mol. The van der Waals surface area contributed by atoms with Gasteiger partial charge < -0.3 is 10.1 Å². The van der Waals surface area contributed by atoms with Gasteiger partial charge >= 0.3 is 5.97 Å². The fourth-order valence-corrected chi connectivity index (χ4v) is 0.981. The molecule has 0 rings (SSSR count). The molecule has 0 aliphatic rings. The van der Waals surface area contributed by atoms with Gasteiger partial charge in [0.05, 0.1) is 6.61 Å². The first-order valence-corrected chi connectivity index (χ1v) is 5.15. The van der Waals surface area contributed by atoms with Gasteiger partial charge in [0.15, 0.2) is 0 Å². The van der Waals surface area contributed by atoms with Crippen molar-refractivity contribution in [2.24, 2.45) is 5.41 Å². The molecule has 1 atom stereocenters. The molecule has 0 unspecified atom stereocenters. The van der Waals surface area contributed by atoms with Crippen LogP contribution < -0.4 is 5.32 Å². The van der Waals surface area contributed by atoms with Crippen molar-refractivity contribution >= 4 is 5.97 Å². The van der Waals surface area contributed by atoms with Gasteiger partial charge in [-0.15, -0.1) is 0 Å². The largest absolute Gasteiger partial charge is 0.464 e. The Labute approximate surface area is 87.2 Å². The highest BCUT2D eigenvalue weighted by Gasteiger charge is 2.18. The van der Waals surface area contributed by atoms with Crippen LogP contribution in [0.1, 0.15) is 41.5 Å². The molecule has 0 saturated carbocycles. The monoisotopic (exact) mass is 201 g/mol. The molecule has 14 heavy (non-hydrogen) atoms. The van der Waals surface area contributed by atoms with E-state index in [0.29, 0.717) is 12.6 Å². The third-order valence-corrected chi connectivity index (χ3v) is 1.58. The Balaban J connectivity index is 3.85. The number of carbonyl (C=O) groups excluding carboxylic acids is 1.